The highest BCUT2D eigenvalue weighted by atomic mass is 32.2. The fourth-order valence-corrected chi connectivity index (χ4v) is 3.94. The van der Waals surface area contributed by atoms with Gasteiger partial charge in [-0.3, -0.25) is 4.72 Å². The lowest BCUT2D eigenvalue weighted by atomic mass is 9.94. The predicted octanol–water partition coefficient (Wildman–Crippen LogP) is 3.76. The molecule has 1 heterocycles. The number of rotatable bonds is 3. The van der Waals surface area contributed by atoms with Crippen LogP contribution in [0.15, 0.2) is 47.4 Å². The van der Waals surface area contributed by atoms with Crippen LogP contribution in [0.3, 0.4) is 0 Å². The molecular weight excluding hydrogens is 344 g/mol. The highest BCUT2D eigenvalue weighted by Gasteiger charge is 2.32. The second-order valence-electron chi connectivity index (χ2n) is 6.20. The summed E-state index contributed by atoms with van der Waals surface area (Å²) in [6, 6.07) is 12.0. The molecule has 0 bridgehead atoms. The van der Waals surface area contributed by atoms with Crippen molar-refractivity contribution in [2.45, 2.75) is 31.3 Å². The topological polar surface area (TPSA) is 67.4 Å². The Morgan fingerprint density at radius 2 is 1.79 bits per heavy atom. The highest BCUT2D eigenvalue weighted by Crippen LogP contribution is 2.37. The van der Waals surface area contributed by atoms with Gasteiger partial charge in [-0.1, -0.05) is 17.7 Å². The average Bonchev–Trinajstić information content (AvgIpc) is 2.47. The Morgan fingerprint density at radius 3 is 2.46 bits per heavy atom. The van der Waals surface area contributed by atoms with E-state index in [9.17, 15) is 8.42 Å². The Balaban J connectivity index is 1.94. The summed E-state index contributed by atoms with van der Waals surface area (Å²) in [5, 5.41) is 3.28. The molecule has 126 valence electrons. The molecule has 0 saturated carbocycles. The van der Waals surface area contributed by atoms with E-state index in [2.05, 4.69) is 10.0 Å². The zero-order valence-electron chi connectivity index (χ0n) is 13.6. The van der Waals surface area contributed by atoms with E-state index in [1.165, 1.54) is 0 Å². The van der Waals surface area contributed by atoms with Crippen LogP contribution in [0.5, 0.6) is 0 Å². The van der Waals surface area contributed by atoms with Gasteiger partial charge in [0, 0.05) is 16.9 Å². The van der Waals surface area contributed by atoms with Crippen molar-refractivity contribution < 1.29 is 13.2 Å². The molecule has 2 aromatic rings. The lowest BCUT2D eigenvalue weighted by molar-refractivity contribution is 0.0948. The smallest absolute Gasteiger partial charge is 0.262 e. The zero-order valence-corrected chi connectivity index (χ0v) is 15.2. The fourth-order valence-electron chi connectivity index (χ4n) is 2.57. The van der Waals surface area contributed by atoms with E-state index in [0.29, 0.717) is 10.9 Å². The standard InChI is InChI=1S/C17H18N2O3S2/c1-11-4-7-13(8-5-11)24(20,21)19-12-6-9-15-14(10-12)17(2,3)22-16(23)18-15/h4-10,19H,1-3H3,(H,18,23). The van der Waals surface area contributed by atoms with Crippen LogP contribution in [-0.4, -0.2) is 13.6 Å². The Hall–Kier alpha value is -2.12. The Labute approximate surface area is 147 Å². The first-order valence-corrected chi connectivity index (χ1v) is 9.30. The van der Waals surface area contributed by atoms with Crippen LogP contribution >= 0.6 is 12.2 Å². The van der Waals surface area contributed by atoms with Crippen LogP contribution in [-0.2, 0) is 20.4 Å². The van der Waals surface area contributed by atoms with E-state index in [1.54, 1.807) is 42.5 Å². The first-order valence-electron chi connectivity index (χ1n) is 7.41. The van der Waals surface area contributed by atoms with E-state index in [0.717, 1.165) is 16.8 Å². The molecule has 0 radical (unpaired) electrons. The number of hydrogen-bond acceptors (Lipinski definition) is 4. The fraction of sp³-hybridized carbons (Fsp3) is 0.235. The van der Waals surface area contributed by atoms with E-state index in [1.807, 2.05) is 20.8 Å². The van der Waals surface area contributed by atoms with Gasteiger partial charge < -0.3 is 10.1 Å². The maximum absolute atomic E-state index is 12.5. The largest absolute Gasteiger partial charge is 0.460 e. The summed E-state index contributed by atoms with van der Waals surface area (Å²) in [5.74, 6) is 0. The number of anilines is 2. The molecule has 1 aliphatic heterocycles. The van der Waals surface area contributed by atoms with Crippen molar-refractivity contribution in [2.24, 2.45) is 0 Å². The number of benzene rings is 2. The van der Waals surface area contributed by atoms with Gasteiger partial charge >= 0.3 is 0 Å². The van der Waals surface area contributed by atoms with Gasteiger partial charge in [-0.15, -0.1) is 0 Å². The summed E-state index contributed by atoms with van der Waals surface area (Å²) in [5.41, 5.74) is 2.49. The third-order valence-corrected chi connectivity index (χ3v) is 5.42. The summed E-state index contributed by atoms with van der Waals surface area (Å²) in [4.78, 5) is 0.223. The third-order valence-electron chi connectivity index (χ3n) is 3.84. The minimum Gasteiger partial charge on any atom is -0.460 e. The third kappa shape index (κ3) is 3.22. The van der Waals surface area contributed by atoms with E-state index >= 15 is 0 Å². The number of thiocarbonyl (C=S) groups is 1. The van der Waals surface area contributed by atoms with Crippen LogP contribution < -0.4 is 10.0 Å². The van der Waals surface area contributed by atoms with Gasteiger partial charge in [0.15, 0.2) is 0 Å². The van der Waals surface area contributed by atoms with Crippen molar-refractivity contribution >= 4 is 38.8 Å². The second-order valence-corrected chi connectivity index (χ2v) is 8.26. The summed E-state index contributed by atoms with van der Waals surface area (Å²) < 4.78 is 33.3. The van der Waals surface area contributed by atoms with Crippen LogP contribution in [0, 0.1) is 6.92 Å². The van der Waals surface area contributed by atoms with Crippen LogP contribution in [0.2, 0.25) is 0 Å². The number of sulfonamides is 1. The summed E-state index contributed by atoms with van der Waals surface area (Å²) in [6.45, 7) is 5.68. The van der Waals surface area contributed by atoms with Crippen LogP contribution in [0.4, 0.5) is 11.4 Å². The lowest BCUT2D eigenvalue weighted by Crippen LogP contribution is -2.34. The van der Waals surface area contributed by atoms with Crippen molar-refractivity contribution in [3.63, 3.8) is 0 Å². The lowest BCUT2D eigenvalue weighted by Gasteiger charge is -2.34. The maximum atomic E-state index is 12.5. The van der Waals surface area contributed by atoms with E-state index < -0.39 is 15.6 Å². The summed E-state index contributed by atoms with van der Waals surface area (Å²) in [6.07, 6.45) is 0. The molecule has 2 N–H and O–H groups in total. The molecular formula is C17H18N2O3S2. The van der Waals surface area contributed by atoms with Gasteiger partial charge in [-0.25, -0.2) is 8.42 Å². The van der Waals surface area contributed by atoms with Gasteiger partial charge in [0.05, 0.1) is 4.90 Å². The minimum absolute atomic E-state index is 0.223. The molecule has 1 aliphatic rings. The first-order chi connectivity index (χ1) is 11.2. The molecule has 0 atom stereocenters. The number of aryl methyl sites for hydroxylation is 1. The predicted molar refractivity (Wildman–Crippen MR) is 98.8 cm³/mol. The monoisotopic (exact) mass is 362 g/mol. The van der Waals surface area contributed by atoms with Crippen LogP contribution in [0.1, 0.15) is 25.0 Å². The van der Waals surface area contributed by atoms with Gasteiger partial charge in [-0.2, -0.15) is 0 Å². The van der Waals surface area contributed by atoms with E-state index in [-0.39, 0.29) is 4.90 Å². The zero-order chi connectivity index (χ0) is 17.5. The molecule has 7 heteroatoms. The Morgan fingerprint density at radius 1 is 1.12 bits per heavy atom. The molecule has 0 aromatic heterocycles. The van der Waals surface area contributed by atoms with Crippen molar-refractivity contribution in [2.75, 3.05) is 10.0 Å². The average molecular weight is 362 g/mol. The molecule has 0 spiro atoms. The normalized spacial score (nSPS) is 15.9. The molecule has 0 fully saturated rings. The Bertz CT molecular complexity index is 904. The van der Waals surface area contributed by atoms with Crippen molar-refractivity contribution in [3.8, 4) is 0 Å². The number of hydrogen-bond donors (Lipinski definition) is 2. The number of fused-ring (bicyclic) bond motifs is 1. The molecule has 0 saturated heterocycles. The molecule has 2 aromatic carbocycles. The summed E-state index contributed by atoms with van der Waals surface area (Å²) in [7, 11) is -3.64. The van der Waals surface area contributed by atoms with Gasteiger partial charge in [0.1, 0.15) is 5.60 Å². The quantitative estimate of drug-likeness (QED) is 0.814. The molecule has 5 nitrogen and oxygen atoms in total. The summed E-state index contributed by atoms with van der Waals surface area (Å²) >= 11 is 5.08. The molecule has 0 unspecified atom stereocenters. The highest BCUT2D eigenvalue weighted by molar-refractivity contribution is 7.92. The maximum Gasteiger partial charge on any atom is 0.262 e. The van der Waals surface area contributed by atoms with Crippen molar-refractivity contribution in [1.82, 2.24) is 0 Å². The molecule has 24 heavy (non-hydrogen) atoms. The first kappa shape index (κ1) is 16.7. The molecule has 0 aliphatic carbocycles. The molecule has 0 amide bonds. The minimum atomic E-state index is -3.64. The Kier molecular flexibility index (Phi) is 4.01. The van der Waals surface area contributed by atoms with Crippen LogP contribution in [0.25, 0.3) is 0 Å². The van der Waals surface area contributed by atoms with Gasteiger partial charge in [-0.05, 0) is 63.3 Å². The molecule has 3 rings (SSSR count). The van der Waals surface area contributed by atoms with Crippen molar-refractivity contribution in [1.29, 1.82) is 0 Å². The van der Waals surface area contributed by atoms with Gasteiger partial charge in [0.25, 0.3) is 15.2 Å². The van der Waals surface area contributed by atoms with Crippen molar-refractivity contribution in [3.05, 3.63) is 53.6 Å². The SMILES string of the molecule is Cc1ccc(S(=O)(=O)Nc2ccc3c(c2)C(C)(C)OC(=S)N3)cc1. The second kappa shape index (κ2) is 5.75. The van der Waals surface area contributed by atoms with E-state index in [4.69, 9.17) is 17.0 Å². The number of ether oxygens (including phenoxy) is 1. The van der Waals surface area contributed by atoms with Gasteiger partial charge in [0.2, 0.25) is 0 Å². The number of nitrogens with one attached hydrogen (secondary N) is 2.